The lowest BCUT2D eigenvalue weighted by molar-refractivity contribution is 0.931. The molecule has 378 valence electrons. The molecule has 0 bridgehead atoms. The molecule has 0 atom stereocenters. The van der Waals surface area contributed by atoms with Crippen LogP contribution in [0.25, 0.3) is 111 Å². The molecule has 10 aromatic carbocycles. The molecule has 3 nitrogen and oxygen atoms in total. The molecule has 0 amide bonds. The molecule has 0 aliphatic rings. The zero-order valence-corrected chi connectivity index (χ0v) is 43.4. The first-order valence-electron chi connectivity index (χ1n) is 31.4. The summed E-state index contributed by atoms with van der Waals surface area (Å²) in [5, 5.41) is 7.00. The van der Waals surface area contributed by atoms with E-state index in [2.05, 4.69) is 180 Å². The van der Waals surface area contributed by atoms with E-state index in [0.717, 1.165) is 109 Å². The van der Waals surface area contributed by atoms with Crippen LogP contribution in [0, 0.1) is 20.6 Å². The Morgan fingerprint density at radius 3 is 1.39 bits per heavy atom. The van der Waals surface area contributed by atoms with Crippen LogP contribution in [0.2, 0.25) is 0 Å². The van der Waals surface area contributed by atoms with E-state index in [-0.39, 0.29) is 16.7 Å². The lowest BCUT2D eigenvalue weighted by atomic mass is 9.85. The predicted octanol–water partition coefficient (Wildman–Crippen LogP) is 19.5. The van der Waals surface area contributed by atoms with Gasteiger partial charge in [0.15, 0.2) is 0 Å². The number of benzene rings is 10. The third-order valence-corrected chi connectivity index (χ3v) is 15.3. The number of rotatable bonds is 13. The van der Waals surface area contributed by atoms with E-state index in [1.807, 2.05) is 30.3 Å². The molecule has 0 fully saturated rings. The monoisotopic (exact) mass is 1020 g/mol. The fourth-order valence-electron chi connectivity index (χ4n) is 11.3. The van der Waals surface area contributed by atoms with E-state index in [1.54, 1.807) is 42.6 Å². The molecule has 3 aromatic heterocycles. The summed E-state index contributed by atoms with van der Waals surface area (Å²) in [5.41, 5.74) is 18.6. The molecule has 0 radical (unpaired) electrons. The molecule has 0 unspecified atom stereocenters. The van der Waals surface area contributed by atoms with Gasteiger partial charge < -0.3 is 0 Å². The van der Waals surface area contributed by atoms with Crippen LogP contribution in [-0.2, 0) is 25.7 Å². The van der Waals surface area contributed by atoms with Gasteiger partial charge in [0.25, 0.3) is 0 Å². The SMILES string of the molecule is [2H]C([2H])([2H])c1ccc(-c2ccc(CCc3cc(CCc4ccc(-c5cc(C([2H])([2H])[2H])ccn5)cc4)cc(-c4ccccc4-c4ccc(-c5ccc(C([2H])([2H])[2H])cn5)cc4-c4ccc5c6ccc(-c7ccccc7)cc6c6ccccc6c5c4)c3)cc2)nc1. The molecule has 3 heterocycles. The van der Waals surface area contributed by atoms with Crippen molar-refractivity contribution in [1.82, 2.24) is 15.0 Å². The number of pyridine rings is 3. The maximum Gasteiger partial charge on any atom is 0.0704 e. The van der Waals surface area contributed by atoms with Gasteiger partial charge in [0.2, 0.25) is 0 Å². The van der Waals surface area contributed by atoms with Gasteiger partial charge in [-0.15, -0.1) is 0 Å². The smallest absolute Gasteiger partial charge is 0.0704 e. The average Bonchev–Trinajstić information content (AvgIpc) is 0.808. The van der Waals surface area contributed by atoms with Gasteiger partial charge in [-0.2, -0.15) is 0 Å². The second kappa shape index (κ2) is 21.5. The Labute approximate surface area is 476 Å². The Balaban J connectivity index is 0.899. The van der Waals surface area contributed by atoms with Crippen LogP contribution in [-0.4, -0.2) is 15.0 Å². The second-order valence-electron chi connectivity index (χ2n) is 20.5. The topological polar surface area (TPSA) is 38.7 Å². The van der Waals surface area contributed by atoms with Crippen molar-refractivity contribution in [2.75, 3.05) is 0 Å². The summed E-state index contributed by atoms with van der Waals surface area (Å²) in [6, 6.07) is 81.4. The third kappa shape index (κ3) is 10.3. The molecular weight excluding hydrogens is 955 g/mol. The lowest BCUT2D eigenvalue weighted by Gasteiger charge is -2.19. The van der Waals surface area contributed by atoms with Crippen molar-refractivity contribution < 1.29 is 12.3 Å². The van der Waals surface area contributed by atoms with Crippen molar-refractivity contribution in [3.8, 4) is 78.3 Å². The van der Waals surface area contributed by atoms with E-state index in [1.165, 1.54) is 45.2 Å². The summed E-state index contributed by atoms with van der Waals surface area (Å²) in [5.74, 6) is 0. The Morgan fingerprint density at radius 2 is 0.772 bits per heavy atom. The maximum atomic E-state index is 8.05. The van der Waals surface area contributed by atoms with E-state index in [0.29, 0.717) is 17.1 Å². The Bertz CT molecular complexity index is 4690. The van der Waals surface area contributed by atoms with E-state index in [9.17, 15) is 0 Å². The summed E-state index contributed by atoms with van der Waals surface area (Å²) in [6.45, 7) is -6.73. The van der Waals surface area contributed by atoms with Gasteiger partial charge in [0.05, 0.1) is 17.1 Å². The van der Waals surface area contributed by atoms with Gasteiger partial charge in [-0.05, 0) is 204 Å². The van der Waals surface area contributed by atoms with Crippen LogP contribution in [0.4, 0.5) is 0 Å². The van der Waals surface area contributed by atoms with Gasteiger partial charge in [0, 0.05) is 47.6 Å². The second-order valence-corrected chi connectivity index (χ2v) is 20.5. The standard InChI is InChI=1S/C76H59N3/c1-50-39-40-77-76(41-50)59-29-25-54(26-30-59)20-22-56-42-55(21-19-53-23-27-58(28-24-53)74-37-17-51(2)48-78-74)43-63(44-56)64-13-7-8-14-65(64)68-36-33-62(75-38-18-52(3)49-79-75)47-71(68)61-32-35-70-69-34-31-60(57-11-5-4-6-12-57)45-72(69)66-15-9-10-16-67(66)73(70)46-61/h4-18,23-49H,19-22H2,1-3H3/i1D3,2D3,3D3. The molecule has 13 rings (SSSR count). The minimum Gasteiger partial charge on any atom is -0.256 e. The van der Waals surface area contributed by atoms with Gasteiger partial charge in [0.1, 0.15) is 0 Å². The first kappa shape index (κ1) is 39.8. The normalized spacial score (nSPS) is 13.6. The molecule has 0 saturated heterocycles. The summed E-state index contributed by atoms with van der Waals surface area (Å²) in [6.07, 6.45) is 7.52. The first-order chi connectivity index (χ1) is 42.5. The van der Waals surface area contributed by atoms with Crippen molar-refractivity contribution in [2.24, 2.45) is 0 Å². The fraction of sp³-hybridized carbons (Fsp3) is 0.0921. The van der Waals surface area contributed by atoms with Gasteiger partial charge >= 0.3 is 0 Å². The van der Waals surface area contributed by atoms with Gasteiger partial charge in [-0.3, -0.25) is 15.0 Å². The van der Waals surface area contributed by atoms with Crippen LogP contribution in [0.1, 0.15) is 51.3 Å². The minimum atomic E-state index is -2.28. The number of hydrogen-bond donors (Lipinski definition) is 0. The molecule has 0 aliphatic carbocycles. The Kier molecular flexibility index (Phi) is 10.8. The van der Waals surface area contributed by atoms with E-state index < -0.39 is 20.6 Å². The summed E-state index contributed by atoms with van der Waals surface area (Å²) in [7, 11) is 0. The molecule has 0 spiro atoms. The average molecular weight is 1020 g/mol. The van der Waals surface area contributed by atoms with Crippen LogP contribution in [0.5, 0.6) is 0 Å². The van der Waals surface area contributed by atoms with Crippen LogP contribution in [0.3, 0.4) is 0 Å². The third-order valence-electron chi connectivity index (χ3n) is 15.3. The predicted molar refractivity (Wildman–Crippen MR) is 332 cm³/mol. The molecule has 0 aliphatic heterocycles. The lowest BCUT2D eigenvalue weighted by Crippen LogP contribution is -1.98. The highest BCUT2D eigenvalue weighted by molar-refractivity contribution is 6.26. The molecule has 13 aromatic rings. The number of nitrogens with zero attached hydrogens (tertiary/aromatic N) is 3. The molecule has 0 saturated carbocycles. The van der Waals surface area contributed by atoms with Gasteiger partial charge in [-0.1, -0.05) is 194 Å². The highest BCUT2D eigenvalue weighted by Gasteiger charge is 2.18. The Hall–Kier alpha value is -9.57. The highest BCUT2D eigenvalue weighted by atomic mass is 14.7. The zero-order valence-electron chi connectivity index (χ0n) is 52.4. The van der Waals surface area contributed by atoms with Crippen molar-refractivity contribution in [3.63, 3.8) is 0 Å². The molecule has 3 heteroatoms. The molecular formula is C76H59N3. The van der Waals surface area contributed by atoms with Crippen molar-refractivity contribution >= 4 is 32.3 Å². The van der Waals surface area contributed by atoms with Crippen molar-refractivity contribution in [3.05, 3.63) is 294 Å². The van der Waals surface area contributed by atoms with Crippen LogP contribution < -0.4 is 0 Å². The zero-order chi connectivity index (χ0) is 60.7. The number of aromatic nitrogens is 3. The number of fused-ring (bicyclic) bond motifs is 6. The fourth-order valence-corrected chi connectivity index (χ4v) is 11.3. The van der Waals surface area contributed by atoms with Crippen molar-refractivity contribution in [1.29, 1.82) is 0 Å². The van der Waals surface area contributed by atoms with Crippen molar-refractivity contribution in [2.45, 2.75) is 46.2 Å². The molecule has 0 N–H and O–H groups in total. The quantitative estimate of drug-likeness (QED) is 0.108. The highest BCUT2D eigenvalue weighted by Crippen LogP contribution is 2.44. The maximum absolute atomic E-state index is 8.05. The number of aryl methyl sites for hydroxylation is 7. The van der Waals surface area contributed by atoms with E-state index in [4.69, 9.17) is 17.3 Å². The first-order valence-corrected chi connectivity index (χ1v) is 26.9. The minimum absolute atomic E-state index is 0.187. The summed E-state index contributed by atoms with van der Waals surface area (Å²) < 4.78 is 71.3. The van der Waals surface area contributed by atoms with Gasteiger partial charge in [-0.25, -0.2) is 0 Å². The summed E-state index contributed by atoms with van der Waals surface area (Å²) >= 11 is 0. The largest absolute Gasteiger partial charge is 0.256 e. The van der Waals surface area contributed by atoms with E-state index >= 15 is 0 Å². The molecule has 79 heavy (non-hydrogen) atoms. The Morgan fingerprint density at radius 1 is 0.266 bits per heavy atom. The number of hydrogen-bond acceptors (Lipinski definition) is 3. The van der Waals surface area contributed by atoms with Crippen LogP contribution >= 0.6 is 0 Å². The van der Waals surface area contributed by atoms with Crippen LogP contribution in [0.15, 0.2) is 255 Å². The summed E-state index contributed by atoms with van der Waals surface area (Å²) in [4.78, 5) is 13.7.